The Hall–Kier alpha value is -2.63. The first-order chi connectivity index (χ1) is 13.6. The van der Waals surface area contributed by atoms with Crippen LogP contribution in [0.2, 0.25) is 0 Å². The number of methoxy groups -OCH3 is 1. The Morgan fingerprint density at radius 1 is 1.04 bits per heavy atom. The third-order valence-electron chi connectivity index (χ3n) is 6.43. The lowest BCUT2D eigenvalue weighted by atomic mass is 10.0. The highest BCUT2D eigenvalue weighted by Crippen LogP contribution is 2.37. The van der Waals surface area contributed by atoms with Crippen molar-refractivity contribution in [2.45, 2.75) is 26.2 Å². The number of nitrogens with zero attached hydrogens (tertiary/aromatic N) is 4. The van der Waals surface area contributed by atoms with Crippen LogP contribution in [0.4, 0.5) is 5.82 Å². The molecule has 1 aromatic heterocycles. The smallest absolute Gasteiger partial charge is 0.253 e. The Kier molecular flexibility index (Phi) is 4.22. The number of carbonyl (C=O) groups is 1. The number of rotatable bonds is 3. The monoisotopic (exact) mass is 378 g/mol. The lowest BCUT2D eigenvalue weighted by Crippen LogP contribution is -2.33. The summed E-state index contributed by atoms with van der Waals surface area (Å²) < 4.78 is 5.19. The van der Waals surface area contributed by atoms with Crippen molar-refractivity contribution in [1.29, 1.82) is 0 Å². The summed E-state index contributed by atoms with van der Waals surface area (Å²) in [7, 11) is 1.64. The molecule has 0 radical (unpaired) electrons. The number of benzene rings is 1. The van der Waals surface area contributed by atoms with Crippen LogP contribution >= 0.6 is 0 Å². The van der Waals surface area contributed by atoms with Gasteiger partial charge in [0, 0.05) is 54.8 Å². The third-order valence-corrected chi connectivity index (χ3v) is 6.43. The number of aryl methyl sites for hydroxylation is 2. The van der Waals surface area contributed by atoms with Crippen LogP contribution in [0.1, 0.15) is 33.9 Å². The Morgan fingerprint density at radius 3 is 2.43 bits per heavy atom. The van der Waals surface area contributed by atoms with Gasteiger partial charge < -0.3 is 14.5 Å². The quantitative estimate of drug-likeness (QED) is 0.821. The van der Waals surface area contributed by atoms with Crippen LogP contribution in [0.3, 0.4) is 0 Å². The van der Waals surface area contributed by atoms with Crippen molar-refractivity contribution in [3.63, 3.8) is 0 Å². The SMILES string of the molecule is COc1ccc(C(=O)N2CC3CN(c4nc(C)nc5c4CCC5)CC3C2)cc1. The summed E-state index contributed by atoms with van der Waals surface area (Å²) in [5.74, 6) is 3.98. The van der Waals surface area contributed by atoms with Gasteiger partial charge in [-0.2, -0.15) is 0 Å². The number of ether oxygens (including phenoxy) is 1. The summed E-state index contributed by atoms with van der Waals surface area (Å²) in [6.45, 7) is 5.63. The fourth-order valence-electron chi connectivity index (χ4n) is 5.04. The second kappa shape index (κ2) is 6.76. The van der Waals surface area contributed by atoms with Gasteiger partial charge in [0.1, 0.15) is 17.4 Å². The minimum atomic E-state index is 0.127. The average molecular weight is 378 g/mol. The Labute approximate surface area is 165 Å². The van der Waals surface area contributed by atoms with Crippen molar-refractivity contribution in [2.24, 2.45) is 11.8 Å². The summed E-state index contributed by atoms with van der Waals surface area (Å²) in [5, 5.41) is 0. The molecule has 0 bridgehead atoms. The first-order valence-electron chi connectivity index (χ1n) is 10.2. The fourth-order valence-corrected chi connectivity index (χ4v) is 5.04. The van der Waals surface area contributed by atoms with Crippen molar-refractivity contribution in [1.82, 2.24) is 14.9 Å². The molecule has 1 aliphatic carbocycles. The number of hydrogen-bond donors (Lipinski definition) is 0. The molecule has 1 amide bonds. The van der Waals surface area contributed by atoms with E-state index in [0.717, 1.165) is 62.0 Å². The predicted octanol–water partition coefficient (Wildman–Crippen LogP) is 2.49. The largest absolute Gasteiger partial charge is 0.497 e. The second-order valence-electron chi connectivity index (χ2n) is 8.24. The van der Waals surface area contributed by atoms with E-state index < -0.39 is 0 Å². The standard InChI is InChI=1S/C22H26N4O2/c1-14-23-20-5-3-4-19(20)21(24-14)25-10-16-12-26(13-17(16)11-25)22(27)15-6-8-18(28-2)9-7-15/h6-9,16-17H,3-5,10-13H2,1-2H3. The molecular weight excluding hydrogens is 352 g/mol. The van der Waals surface area contributed by atoms with Crippen molar-refractivity contribution in [2.75, 3.05) is 38.2 Å². The van der Waals surface area contributed by atoms with Crippen LogP contribution < -0.4 is 9.64 Å². The van der Waals surface area contributed by atoms with Crippen LogP contribution in [0.25, 0.3) is 0 Å². The first-order valence-corrected chi connectivity index (χ1v) is 10.2. The van der Waals surface area contributed by atoms with Gasteiger partial charge in [-0.1, -0.05) is 0 Å². The molecule has 5 rings (SSSR count). The maximum absolute atomic E-state index is 12.9. The van der Waals surface area contributed by atoms with E-state index in [0.29, 0.717) is 11.8 Å². The Bertz CT molecular complexity index is 897. The molecule has 28 heavy (non-hydrogen) atoms. The van der Waals surface area contributed by atoms with Crippen LogP contribution in [0, 0.1) is 18.8 Å². The molecule has 6 heteroatoms. The summed E-state index contributed by atoms with van der Waals surface area (Å²) in [6.07, 6.45) is 3.36. The molecule has 2 fully saturated rings. The molecule has 0 N–H and O–H groups in total. The van der Waals surface area contributed by atoms with Gasteiger partial charge >= 0.3 is 0 Å². The Balaban J connectivity index is 1.28. The van der Waals surface area contributed by atoms with Gasteiger partial charge in [0.15, 0.2) is 0 Å². The average Bonchev–Trinajstić information content (AvgIpc) is 3.41. The maximum Gasteiger partial charge on any atom is 0.253 e. The predicted molar refractivity (Wildman–Crippen MR) is 107 cm³/mol. The molecular formula is C22H26N4O2. The minimum absolute atomic E-state index is 0.127. The van der Waals surface area contributed by atoms with Crippen molar-refractivity contribution >= 4 is 11.7 Å². The number of anilines is 1. The molecule has 2 atom stereocenters. The van der Waals surface area contributed by atoms with Crippen LogP contribution in [0.15, 0.2) is 24.3 Å². The number of hydrogen-bond acceptors (Lipinski definition) is 5. The van der Waals surface area contributed by atoms with E-state index in [1.54, 1.807) is 7.11 Å². The zero-order chi connectivity index (χ0) is 19.3. The van der Waals surface area contributed by atoms with E-state index in [1.807, 2.05) is 36.1 Å². The molecule has 0 spiro atoms. The normalized spacial score (nSPS) is 23.1. The molecule has 2 saturated heterocycles. The molecule has 2 aliphatic heterocycles. The Morgan fingerprint density at radius 2 is 1.75 bits per heavy atom. The summed E-state index contributed by atoms with van der Waals surface area (Å²) in [5.41, 5.74) is 3.34. The van der Waals surface area contributed by atoms with Crippen LogP contribution in [-0.4, -0.2) is 54.1 Å². The molecule has 2 unspecified atom stereocenters. The second-order valence-corrected chi connectivity index (χ2v) is 8.24. The van der Waals surface area contributed by atoms with Gasteiger partial charge in [-0.15, -0.1) is 0 Å². The highest BCUT2D eigenvalue weighted by atomic mass is 16.5. The highest BCUT2D eigenvalue weighted by molar-refractivity contribution is 5.94. The fraction of sp³-hybridized carbons (Fsp3) is 0.500. The maximum atomic E-state index is 12.9. The van der Waals surface area contributed by atoms with Gasteiger partial charge in [-0.3, -0.25) is 4.79 Å². The molecule has 146 valence electrons. The minimum Gasteiger partial charge on any atom is -0.497 e. The topological polar surface area (TPSA) is 58.6 Å². The number of aromatic nitrogens is 2. The molecule has 3 heterocycles. The lowest BCUT2D eigenvalue weighted by Gasteiger charge is -2.24. The van der Waals surface area contributed by atoms with Crippen LogP contribution in [-0.2, 0) is 12.8 Å². The van der Waals surface area contributed by atoms with Crippen LogP contribution in [0.5, 0.6) is 5.75 Å². The van der Waals surface area contributed by atoms with Crippen molar-refractivity contribution < 1.29 is 9.53 Å². The van der Waals surface area contributed by atoms with E-state index in [2.05, 4.69) is 9.88 Å². The van der Waals surface area contributed by atoms with E-state index in [1.165, 1.54) is 17.7 Å². The lowest BCUT2D eigenvalue weighted by molar-refractivity contribution is 0.0782. The third kappa shape index (κ3) is 2.91. The first kappa shape index (κ1) is 17.5. The van der Waals surface area contributed by atoms with E-state index in [4.69, 9.17) is 9.72 Å². The molecule has 2 aromatic rings. The molecule has 1 aromatic carbocycles. The molecule has 0 saturated carbocycles. The summed E-state index contributed by atoms with van der Waals surface area (Å²) in [4.78, 5) is 26.8. The zero-order valence-corrected chi connectivity index (χ0v) is 16.5. The van der Waals surface area contributed by atoms with E-state index in [9.17, 15) is 4.79 Å². The zero-order valence-electron chi connectivity index (χ0n) is 16.5. The number of amides is 1. The van der Waals surface area contributed by atoms with Gasteiger partial charge in [-0.05, 0) is 50.5 Å². The van der Waals surface area contributed by atoms with E-state index >= 15 is 0 Å². The number of likely N-dealkylation sites (tertiary alicyclic amines) is 1. The molecule has 6 nitrogen and oxygen atoms in total. The summed E-state index contributed by atoms with van der Waals surface area (Å²) in [6, 6.07) is 7.41. The van der Waals surface area contributed by atoms with Gasteiger partial charge in [-0.25, -0.2) is 9.97 Å². The van der Waals surface area contributed by atoms with Gasteiger partial charge in [0.2, 0.25) is 0 Å². The van der Waals surface area contributed by atoms with Gasteiger partial charge in [0.25, 0.3) is 5.91 Å². The molecule has 3 aliphatic rings. The van der Waals surface area contributed by atoms with Crippen molar-refractivity contribution in [3.8, 4) is 5.75 Å². The number of fused-ring (bicyclic) bond motifs is 2. The summed E-state index contributed by atoms with van der Waals surface area (Å²) >= 11 is 0. The highest BCUT2D eigenvalue weighted by Gasteiger charge is 2.43. The van der Waals surface area contributed by atoms with Crippen molar-refractivity contribution in [3.05, 3.63) is 46.9 Å². The van der Waals surface area contributed by atoms with E-state index in [-0.39, 0.29) is 5.91 Å². The van der Waals surface area contributed by atoms with Gasteiger partial charge in [0.05, 0.1) is 7.11 Å². The number of carbonyl (C=O) groups excluding carboxylic acids is 1.